The second kappa shape index (κ2) is 6.35. The normalized spacial score (nSPS) is 24.9. The van der Waals surface area contributed by atoms with E-state index in [-0.39, 0.29) is 0 Å². The second-order valence-electron chi connectivity index (χ2n) is 5.88. The highest BCUT2D eigenvalue weighted by atomic mass is 16.1. The Morgan fingerprint density at radius 1 is 1.15 bits per heavy atom. The van der Waals surface area contributed by atoms with Gasteiger partial charge in [-0.3, -0.25) is 9.69 Å². The Kier molecular flexibility index (Phi) is 4.31. The average Bonchev–Trinajstić information content (AvgIpc) is 2.51. The maximum atomic E-state index is 11.9. The molecule has 0 spiro atoms. The molecule has 1 aromatic rings. The molecule has 1 saturated carbocycles. The maximum Gasteiger partial charge on any atom is 0.137 e. The van der Waals surface area contributed by atoms with Gasteiger partial charge in [0.05, 0.1) is 0 Å². The lowest BCUT2D eigenvalue weighted by Gasteiger charge is -2.37. The summed E-state index contributed by atoms with van der Waals surface area (Å²) in [6.07, 6.45) is 6.08. The number of anilines is 1. The molecule has 2 heterocycles. The third-order valence-corrected chi connectivity index (χ3v) is 4.51. The van der Waals surface area contributed by atoms with Gasteiger partial charge in [-0.1, -0.05) is 12.5 Å². The number of rotatable bonds is 3. The zero-order valence-electron chi connectivity index (χ0n) is 12.0. The minimum Gasteiger partial charge on any atom is -0.354 e. The number of piperazine rings is 1. The Balaban J connectivity index is 1.50. The van der Waals surface area contributed by atoms with Crippen LogP contribution in [0.15, 0.2) is 24.4 Å². The first-order valence-electron chi connectivity index (χ1n) is 7.74. The number of pyridine rings is 1. The molecule has 1 atom stereocenters. The van der Waals surface area contributed by atoms with Gasteiger partial charge in [0.25, 0.3) is 0 Å². The predicted molar refractivity (Wildman–Crippen MR) is 79.9 cm³/mol. The molecule has 20 heavy (non-hydrogen) atoms. The van der Waals surface area contributed by atoms with Crippen molar-refractivity contribution in [1.29, 1.82) is 0 Å². The number of nitrogens with zero attached hydrogens (tertiary/aromatic N) is 3. The number of aromatic nitrogens is 1. The molecule has 4 heteroatoms. The summed E-state index contributed by atoms with van der Waals surface area (Å²) in [7, 11) is 0. The fourth-order valence-corrected chi connectivity index (χ4v) is 3.26. The Bertz CT molecular complexity index is 440. The fraction of sp³-hybridized carbons (Fsp3) is 0.625. The van der Waals surface area contributed by atoms with Crippen molar-refractivity contribution < 1.29 is 4.79 Å². The second-order valence-corrected chi connectivity index (χ2v) is 5.88. The van der Waals surface area contributed by atoms with Gasteiger partial charge in [-0.2, -0.15) is 0 Å². The van der Waals surface area contributed by atoms with E-state index in [1.54, 1.807) is 0 Å². The summed E-state index contributed by atoms with van der Waals surface area (Å²) in [5.74, 6) is 1.86. The van der Waals surface area contributed by atoms with Crippen LogP contribution in [0.2, 0.25) is 0 Å². The zero-order chi connectivity index (χ0) is 13.8. The first-order valence-corrected chi connectivity index (χ1v) is 7.74. The molecule has 108 valence electrons. The van der Waals surface area contributed by atoms with E-state index in [2.05, 4.69) is 20.9 Å². The topological polar surface area (TPSA) is 36.4 Å². The van der Waals surface area contributed by atoms with Crippen molar-refractivity contribution in [3.8, 4) is 0 Å². The summed E-state index contributed by atoms with van der Waals surface area (Å²) in [4.78, 5) is 21.1. The smallest absolute Gasteiger partial charge is 0.137 e. The predicted octanol–water partition coefficient (Wildman–Crippen LogP) is 1.96. The molecule has 0 aromatic carbocycles. The molecule has 0 N–H and O–H groups in total. The Labute approximate surface area is 120 Å². The van der Waals surface area contributed by atoms with Crippen molar-refractivity contribution in [2.45, 2.75) is 25.7 Å². The molecule has 0 radical (unpaired) electrons. The van der Waals surface area contributed by atoms with Crippen molar-refractivity contribution in [2.75, 3.05) is 37.6 Å². The number of hydrogen-bond donors (Lipinski definition) is 0. The summed E-state index contributed by atoms with van der Waals surface area (Å²) < 4.78 is 0. The number of carbonyl (C=O) groups excluding carboxylic acids is 1. The molecule has 2 aliphatic rings. The summed E-state index contributed by atoms with van der Waals surface area (Å²) in [5.41, 5.74) is 0. The summed E-state index contributed by atoms with van der Waals surface area (Å²) in [6, 6.07) is 6.06. The molecule has 1 aliphatic carbocycles. The Morgan fingerprint density at radius 3 is 2.70 bits per heavy atom. The maximum absolute atomic E-state index is 11.9. The molecule has 1 saturated heterocycles. The summed E-state index contributed by atoms with van der Waals surface area (Å²) in [5, 5.41) is 0. The van der Waals surface area contributed by atoms with Gasteiger partial charge < -0.3 is 4.90 Å². The third kappa shape index (κ3) is 3.18. The van der Waals surface area contributed by atoms with Crippen LogP contribution in [-0.4, -0.2) is 48.4 Å². The molecular formula is C16H23N3O. The number of carbonyl (C=O) groups is 1. The lowest BCUT2D eigenvalue weighted by Crippen LogP contribution is -2.49. The van der Waals surface area contributed by atoms with Crippen molar-refractivity contribution in [3.05, 3.63) is 24.4 Å². The molecule has 1 unspecified atom stereocenters. The largest absolute Gasteiger partial charge is 0.354 e. The Hall–Kier alpha value is -1.42. The van der Waals surface area contributed by atoms with E-state index in [1.807, 2.05) is 18.3 Å². The summed E-state index contributed by atoms with van der Waals surface area (Å²) >= 11 is 0. The SMILES string of the molecule is O=C1CCCCC1CN1CCN(c2ccccn2)CC1. The highest BCUT2D eigenvalue weighted by molar-refractivity contribution is 5.81. The van der Waals surface area contributed by atoms with Crippen LogP contribution in [0.5, 0.6) is 0 Å². The molecule has 2 fully saturated rings. The standard InChI is InChI=1S/C16H23N3O/c20-15-6-2-1-5-14(15)13-18-9-11-19(12-10-18)16-7-3-4-8-17-16/h3-4,7-8,14H,1-2,5-6,9-13H2. The van der Waals surface area contributed by atoms with Crippen LogP contribution >= 0.6 is 0 Å². The first-order chi connectivity index (χ1) is 9.83. The van der Waals surface area contributed by atoms with Crippen LogP contribution in [0.3, 0.4) is 0 Å². The van der Waals surface area contributed by atoms with Gasteiger partial charge in [0, 0.05) is 51.3 Å². The highest BCUT2D eigenvalue weighted by Crippen LogP contribution is 2.22. The molecule has 4 nitrogen and oxygen atoms in total. The molecule has 1 aliphatic heterocycles. The van der Waals surface area contributed by atoms with Crippen molar-refractivity contribution in [1.82, 2.24) is 9.88 Å². The van der Waals surface area contributed by atoms with Crippen LogP contribution in [0.1, 0.15) is 25.7 Å². The quantitative estimate of drug-likeness (QED) is 0.843. The van der Waals surface area contributed by atoms with E-state index in [4.69, 9.17) is 0 Å². The highest BCUT2D eigenvalue weighted by Gasteiger charge is 2.26. The molecular weight excluding hydrogens is 250 g/mol. The minimum absolute atomic E-state index is 0.296. The monoisotopic (exact) mass is 273 g/mol. The van der Waals surface area contributed by atoms with E-state index in [9.17, 15) is 4.79 Å². The van der Waals surface area contributed by atoms with E-state index in [0.29, 0.717) is 11.7 Å². The van der Waals surface area contributed by atoms with Crippen LogP contribution in [-0.2, 0) is 4.79 Å². The summed E-state index contributed by atoms with van der Waals surface area (Å²) in [6.45, 7) is 5.07. The van der Waals surface area contributed by atoms with Crippen LogP contribution in [0.4, 0.5) is 5.82 Å². The Morgan fingerprint density at radius 2 is 2.00 bits per heavy atom. The van der Waals surface area contributed by atoms with Gasteiger partial charge in [-0.25, -0.2) is 4.98 Å². The van der Waals surface area contributed by atoms with E-state index < -0.39 is 0 Å². The van der Waals surface area contributed by atoms with E-state index >= 15 is 0 Å². The average molecular weight is 273 g/mol. The molecule has 0 bridgehead atoms. The van der Waals surface area contributed by atoms with Gasteiger partial charge in [-0.05, 0) is 25.0 Å². The first kappa shape index (κ1) is 13.6. The molecule has 0 amide bonds. The number of hydrogen-bond acceptors (Lipinski definition) is 4. The van der Waals surface area contributed by atoms with Crippen LogP contribution < -0.4 is 4.90 Å². The van der Waals surface area contributed by atoms with Crippen LogP contribution in [0, 0.1) is 5.92 Å². The zero-order valence-corrected chi connectivity index (χ0v) is 12.0. The molecule has 3 rings (SSSR count). The third-order valence-electron chi connectivity index (χ3n) is 4.51. The number of ketones is 1. The van der Waals surface area contributed by atoms with Gasteiger partial charge in [0.15, 0.2) is 0 Å². The van der Waals surface area contributed by atoms with E-state index in [0.717, 1.165) is 57.8 Å². The van der Waals surface area contributed by atoms with Gasteiger partial charge >= 0.3 is 0 Å². The number of Topliss-reactive ketones (excluding diaryl/α,β-unsaturated/α-hetero) is 1. The van der Waals surface area contributed by atoms with Gasteiger partial charge in [0.2, 0.25) is 0 Å². The lowest BCUT2D eigenvalue weighted by atomic mass is 9.87. The lowest BCUT2D eigenvalue weighted by molar-refractivity contribution is -0.125. The minimum atomic E-state index is 0.296. The van der Waals surface area contributed by atoms with E-state index in [1.165, 1.54) is 6.42 Å². The van der Waals surface area contributed by atoms with Gasteiger partial charge in [-0.15, -0.1) is 0 Å². The van der Waals surface area contributed by atoms with Crippen molar-refractivity contribution in [3.63, 3.8) is 0 Å². The van der Waals surface area contributed by atoms with Crippen molar-refractivity contribution >= 4 is 11.6 Å². The fourth-order valence-electron chi connectivity index (χ4n) is 3.26. The molecule has 1 aromatic heterocycles. The van der Waals surface area contributed by atoms with Gasteiger partial charge in [0.1, 0.15) is 11.6 Å². The van der Waals surface area contributed by atoms with Crippen LogP contribution in [0.25, 0.3) is 0 Å². The van der Waals surface area contributed by atoms with Crippen molar-refractivity contribution in [2.24, 2.45) is 5.92 Å².